The maximum atomic E-state index is 5.61. The van der Waals surface area contributed by atoms with Gasteiger partial charge in [-0.25, -0.2) is 9.97 Å². The van der Waals surface area contributed by atoms with Gasteiger partial charge >= 0.3 is 0 Å². The Balaban J connectivity index is 1.32. The molecule has 0 amide bonds. The molecule has 3 aromatic carbocycles. The molecule has 3 aromatic heterocycles. The van der Waals surface area contributed by atoms with Crippen molar-refractivity contribution in [3.05, 3.63) is 94.6 Å². The van der Waals surface area contributed by atoms with Crippen LogP contribution in [0.5, 0.6) is 0 Å². The SMILES string of the molecule is CCCCCC[Si]1(CCCCCC)c2cc(C)ccc2-c2ccc(-c3ccc(-c4ccc(-c5ccc(C)s5)c5nc(CCCCC)c(CCCCC)nc45)s3)cc21. The minimum atomic E-state index is -1.95. The molecule has 4 heterocycles. The van der Waals surface area contributed by atoms with E-state index in [0.29, 0.717) is 0 Å². The van der Waals surface area contributed by atoms with E-state index in [-0.39, 0.29) is 0 Å². The lowest BCUT2D eigenvalue weighted by Crippen LogP contribution is -2.55. The third kappa shape index (κ3) is 9.11. The van der Waals surface area contributed by atoms with Gasteiger partial charge in [-0.15, -0.1) is 22.7 Å². The van der Waals surface area contributed by atoms with E-state index in [1.807, 2.05) is 22.7 Å². The highest BCUT2D eigenvalue weighted by Gasteiger charge is 2.44. The number of rotatable bonds is 21. The van der Waals surface area contributed by atoms with E-state index in [9.17, 15) is 0 Å². The topological polar surface area (TPSA) is 25.8 Å². The van der Waals surface area contributed by atoms with Crippen molar-refractivity contribution >= 4 is 52.2 Å². The lowest BCUT2D eigenvalue weighted by Gasteiger charge is -2.31. The van der Waals surface area contributed by atoms with Crippen molar-refractivity contribution < 1.29 is 0 Å². The molecule has 5 heteroatoms. The molecule has 7 rings (SSSR count). The average Bonchev–Trinajstić information content (AvgIpc) is 3.95. The summed E-state index contributed by atoms with van der Waals surface area (Å²) in [6.07, 6.45) is 20.0. The highest BCUT2D eigenvalue weighted by atomic mass is 32.1. The molecule has 6 aromatic rings. The van der Waals surface area contributed by atoms with Crippen LogP contribution in [0.2, 0.25) is 12.1 Å². The van der Waals surface area contributed by atoms with Crippen LogP contribution in [0.3, 0.4) is 0 Å². The second-order valence-corrected chi connectivity index (χ2v) is 23.6. The van der Waals surface area contributed by atoms with Crippen molar-refractivity contribution in [2.45, 2.75) is 156 Å². The lowest BCUT2D eigenvalue weighted by atomic mass is 10.0. The number of benzene rings is 3. The molecule has 0 saturated carbocycles. The predicted molar refractivity (Wildman–Crippen MR) is 256 cm³/mol. The Labute approximate surface area is 353 Å². The van der Waals surface area contributed by atoms with E-state index in [0.717, 1.165) is 23.9 Å². The molecule has 0 fully saturated rings. The smallest absolute Gasteiger partial charge is 0.119 e. The highest BCUT2D eigenvalue weighted by molar-refractivity contribution is 7.19. The number of nitrogens with zero attached hydrogens (tertiary/aromatic N) is 2. The van der Waals surface area contributed by atoms with Gasteiger partial charge in [-0.3, -0.25) is 0 Å². The molecular formula is C52H66N2S2Si. The van der Waals surface area contributed by atoms with Crippen LogP contribution in [0.15, 0.2) is 72.8 Å². The van der Waals surface area contributed by atoms with Gasteiger partial charge in [0.15, 0.2) is 0 Å². The van der Waals surface area contributed by atoms with Gasteiger partial charge in [0.1, 0.15) is 8.07 Å². The van der Waals surface area contributed by atoms with E-state index in [2.05, 4.69) is 114 Å². The summed E-state index contributed by atoms with van der Waals surface area (Å²) in [6, 6.07) is 31.7. The number of aromatic nitrogens is 2. The Morgan fingerprint density at radius 1 is 0.456 bits per heavy atom. The van der Waals surface area contributed by atoms with Crippen molar-refractivity contribution in [3.63, 3.8) is 0 Å². The van der Waals surface area contributed by atoms with Crippen LogP contribution in [-0.4, -0.2) is 18.0 Å². The summed E-state index contributed by atoms with van der Waals surface area (Å²) in [4.78, 5) is 16.4. The first-order chi connectivity index (χ1) is 27.9. The first-order valence-electron chi connectivity index (χ1n) is 22.7. The van der Waals surface area contributed by atoms with Gasteiger partial charge in [0, 0.05) is 30.6 Å². The molecular weight excluding hydrogens is 745 g/mol. The van der Waals surface area contributed by atoms with Gasteiger partial charge in [0.05, 0.1) is 22.4 Å². The molecule has 0 N–H and O–H groups in total. The fourth-order valence-corrected chi connectivity index (χ4v) is 17.1. The molecule has 0 spiro atoms. The Kier molecular flexibility index (Phi) is 14.3. The van der Waals surface area contributed by atoms with Crippen molar-refractivity contribution in [2.24, 2.45) is 0 Å². The maximum absolute atomic E-state index is 5.61. The molecule has 300 valence electrons. The lowest BCUT2D eigenvalue weighted by molar-refractivity contribution is 0.676. The normalized spacial score (nSPS) is 13.1. The van der Waals surface area contributed by atoms with Gasteiger partial charge in [-0.2, -0.15) is 0 Å². The molecule has 0 aliphatic carbocycles. The van der Waals surface area contributed by atoms with Gasteiger partial charge in [0.25, 0.3) is 0 Å². The molecule has 0 saturated heterocycles. The van der Waals surface area contributed by atoms with Crippen LogP contribution in [0.25, 0.3) is 53.5 Å². The zero-order chi connectivity index (χ0) is 39.8. The molecule has 57 heavy (non-hydrogen) atoms. The van der Waals surface area contributed by atoms with E-state index >= 15 is 0 Å². The van der Waals surface area contributed by atoms with Crippen LogP contribution in [0, 0.1) is 13.8 Å². The zero-order valence-corrected chi connectivity index (χ0v) is 38.5. The van der Waals surface area contributed by atoms with Crippen LogP contribution in [0.1, 0.15) is 139 Å². The fraction of sp³-hybridized carbons (Fsp3) is 0.462. The van der Waals surface area contributed by atoms with Gasteiger partial charge < -0.3 is 0 Å². The van der Waals surface area contributed by atoms with Crippen LogP contribution >= 0.6 is 22.7 Å². The zero-order valence-electron chi connectivity index (χ0n) is 35.9. The predicted octanol–water partition coefficient (Wildman–Crippen LogP) is 15.5. The largest absolute Gasteiger partial charge is 0.249 e. The molecule has 0 atom stereocenters. The Hall–Kier alpha value is -3.38. The second kappa shape index (κ2) is 19.6. The number of thiophene rings is 2. The highest BCUT2D eigenvalue weighted by Crippen LogP contribution is 2.43. The van der Waals surface area contributed by atoms with Gasteiger partial charge in [-0.05, 0) is 103 Å². The average molecular weight is 811 g/mol. The van der Waals surface area contributed by atoms with E-state index in [1.165, 1.54) is 166 Å². The number of unbranched alkanes of at least 4 members (excludes halogenated alkanes) is 10. The Morgan fingerprint density at radius 2 is 0.947 bits per heavy atom. The third-order valence-corrected chi connectivity index (χ3v) is 20.1. The van der Waals surface area contributed by atoms with Gasteiger partial charge in [0.2, 0.25) is 0 Å². The number of fused-ring (bicyclic) bond motifs is 4. The molecule has 0 unspecified atom stereocenters. The van der Waals surface area contributed by atoms with Crippen LogP contribution in [-0.2, 0) is 12.8 Å². The van der Waals surface area contributed by atoms with Gasteiger partial charge in [-0.1, -0.05) is 159 Å². The summed E-state index contributed by atoms with van der Waals surface area (Å²) < 4.78 is 0. The quantitative estimate of drug-likeness (QED) is 0.0534. The van der Waals surface area contributed by atoms with E-state index < -0.39 is 8.07 Å². The minimum Gasteiger partial charge on any atom is -0.249 e. The van der Waals surface area contributed by atoms with E-state index in [1.54, 1.807) is 10.4 Å². The van der Waals surface area contributed by atoms with E-state index in [4.69, 9.17) is 9.97 Å². The molecule has 0 bridgehead atoms. The Bertz CT molecular complexity index is 2250. The molecule has 0 radical (unpaired) electrons. The number of aryl methyl sites for hydroxylation is 4. The first kappa shape index (κ1) is 41.8. The summed E-state index contributed by atoms with van der Waals surface area (Å²) in [5.74, 6) is 0. The molecule has 2 nitrogen and oxygen atoms in total. The monoisotopic (exact) mass is 810 g/mol. The summed E-state index contributed by atoms with van der Waals surface area (Å²) >= 11 is 3.80. The summed E-state index contributed by atoms with van der Waals surface area (Å²) in [6.45, 7) is 13.8. The number of hydrogen-bond acceptors (Lipinski definition) is 4. The summed E-state index contributed by atoms with van der Waals surface area (Å²) in [5, 5.41) is 3.44. The Morgan fingerprint density at radius 3 is 1.51 bits per heavy atom. The standard InChI is InChI=1S/C52H66N2S2Si/c1-7-11-15-19-33-57(34-20-16-12-8-2)49-35-37(5)23-26-40(49)41-27-25-39(36-50(41)57)46-31-32-48(56-46)43-29-28-42(47-30-24-38(6)55-47)51-52(43)54-45(22-18-14-10-4)44(53-51)21-17-13-9-3/h23-32,35-36H,7-22,33-34H2,1-6H3. The molecule has 1 aliphatic rings. The molecule has 1 aliphatic heterocycles. The van der Waals surface area contributed by atoms with Crippen molar-refractivity contribution in [3.8, 4) is 42.4 Å². The number of hydrogen-bond donors (Lipinski definition) is 0. The second-order valence-electron chi connectivity index (χ2n) is 17.0. The first-order valence-corrected chi connectivity index (χ1v) is 26.7. The fourth-order valence-electron chi connectivity index (χ4n) is 9.44. The summed E-state index contributed by atoms with van der Waals surface area (Å²) in [7, 11) is -1.95. The third-order valence-electron chi connectivity index (χ3n) is 12.6. The summed E-state index contributed by atoms with van der Waals surface area (Å²) in [5.41, 5.74) is 12.9. The minimum absolute atomic E-state index is 1.01. The van der Waals surface area contributed by atoms with Crippen molar-refractivity contribution in [1.29, 1.82) is 0 Å². The van der Waals surface area contributed by atoms with Crippen LogP contribution < -0.4 is 10.4 Å². The van der Waals surface area contributed by atoms with Crippen molar-refractivity contribution in [2.75, 3.05) is 0 Å². The maximum Gasteiger partial charge on any atom is 0.119 e. The van der Waals surface area contributed by atoms with Crippen LogP contribution in [0.4, 0.5) is 0 Å². The van der Waals surface area contributed by atoms with Crippen molar-refractivity contribution in [1.82, 2.24) is 9.97 Å².